The van der Waals surface area contributed by atoms with Gasteiger partial charge in [-0.15, -0.1) is 0 Å². The summed E-state index contributed by atoms with van der Waals surface area (Å²) in [5.41, 5.74) is -0.436. The number of nitrogens with zero attached hydrogens (tertiary/aromatic N) is 4. The van der Waals surface area contributed by atoms with Crippen LogP contribution in [-0.2, 0) is 6.18 Å². The van der Waals surface area contributed by atoms with E-state index in [0.717, 1.165) is 0 Å². The van der Waals surface area contributed by atoms with Crippen molar-refractivity contribution in [2.45, 2.75) is 6.18 Å². The molecule has 3 aromatic heterocycles. The van der Waals surface area contributed by atoms with Gasteiger partial charge in [-0.25, -0.2) is 9.97 Å². The molecule has 1 N–H and O–H groups in total. The molecule has 0 bridgehead atoms. The fourth-order valence-electron chi connectivity index (χ4n) is 2.87. The second kappa shape index (κ2) is 7.25. The normalized spacial score (nSPS) is 11.6. The largest absolute Gasteiger partial charge is 0.495 e. The van der Waals surface area contributed by atoms with Crippen LogP contribution < -0.4 is 10.1 Å². The van der Waals surface area contributed by atoms with Crippen molar-refractivity contribution in [2.75, 3.05) is 12.4 Å². The number of hydrogen-bond donors (Lipinski definition) is 1. The van der Waals surface area contributed by atoms with Gasteiger partial charge >= 0.3 is 6.18 Å². The Labute approximate surface area is 168 Å². The fourth-order valence-corrected chi connectivity index (χ4v) is 3.13. The topological polar surface area (TPSA) is 64.3 Å². The van der Waals surface area contributed by atoms with Crippen molar-refractivity contribution >= 4 is 28.8 Å². The molecule has 0 saturated carbocycles. The Hall–Kier alpha value is -3.33. The SMILES string of the molecule is COc1ccc(Nc2cncc(-c3c(C(F)(F)F)nc4ccccn34)n2)cc1Cl. The minimum absolute atomic E-state index is 0.0284. The second-order valence-corrected chi connectivity index (χ2v) is 6.41. The van der Waals surface area contributed by atoms with E-state index < -0.39 is 11.9 Å². The molecule has 0 saturated heterocycles. The Balaban J connectivity index is 1.77. The Morgan fingerprint density at radius 1 is 1.10 bits per heavy atom. The first-order valence-corrected chi connectivity index (χ1v) is 8.72. The summed E-state index contributed by atoms with van der Waals surface area (Å²) < 4.78 is 47.1. The van der Waals surface area contributed by atoms with Gasteiger partial charge in [0.1, 0.15) is 28.6 Å². The van der Waals surface area contributed by atoms with Gasteiger partial charge in [-0.1, -0.05) is 17.7 Å². The van der Waals surface area contributed by atoms with Crippen molar-refractivity contribution in [3.05, 3.63) is 65.7 Å². The molecule has 4 aromatic rings. The number of aromatic nitrogens is 4. The van der Waals surface area contributed by atoms with E-state index in [1.54, 1.807) is 30.3 Å². The van der Waals surface area contributed by atoms with Crippen LogP contribution in [0.15, 0.2) is 55.0 Å². The van der Waals surface area contributed by atoms with Gasteiger partial charge in [-0.05, 0) is 30.3 Å². The Morgan fingerprint density at radius 3 is 2.66 bits per heavy atom. The van der Waals surface area contributed by atoms with Gasteiger partial charge in [0, 0.05) is 11.9 Å². The Bertz CT molecular complexity index is 1190. The molecule has 0 aliphatic carbocycles. The molecule has 148 valence electrons. The van der Waals surface area contributed by atoms with Crippen LogP contribution in [0.2, 0.25) is 5.02 Å². The molecule has 0 unspecified atom stereocenters. The number of pyridine rings is 1. The fraction of sp³-hybridized carbons (Fsp3) is 0.105. The first kappa shape index (κ1) is 19.0. The lowest BCUT2D eigenvalue weighted by Crippen LogP contribution is -2.09. The van der Waals surface area contributed by atoms with Crippen molar-refractivity contribution in [1.29, 1.82) is 0 Å². The van der Waals surface area contributed by atoms with Gasteiger partial charge in [-0.2, -0.15) is 13.2 Å². The minimum Gasteiger partial charge on any atom is -0.495 e. The third kappa shape index (κ3) is 3.68. The number of fused-ring (bicyclic) bond motifs is 1. The van der Waals surface area contributed by atoms with Crippen molar-refractivity contribution in [1.82, 2.24) is 19.4 Å². The molecule has 29 heavy (non-hydrogen) atoms. The second-order valence-electron chi connectivity index (χ2n) is 6.00. The molecular weight excluding hydrogens is 407 g/mol. The first-order chi connectivity index (χ1) is 13.9. The molecule has 4 rings (SSSR count). The quantitative estimate of drug-likeness (QED) is 0.491. The number of alkyl halides is 3. The number of anilines is 2. The number of nitrogens with one attached hydrogen (secondary N) is 1. The highest BCUT2D eigenvalue weighted by Gasteiger charge is 2.38. The van der Waals surface area contributed by atoms with E-state index in [1.165, 1.54) is 36.2 Å². The molecule has 0 aliphatic heterocycles. The van der Waals surface area contributed by atoms with E-state index in [-0.39, 0.29) is 22.9 Å². The summed E-state index contributed by atoms with van der Waals surface area (Å²) in [6.07, 6.45) is -0.482. The van der Waals surface area contributed by atoms with Gasteiger partial charge < -0.3 is 10.1 Å². The van der Waals surface area contributed by atoms with E-state index in [0.29, 0.717) is 16.5 Å². The van der Waals surface area contributed by atoms with Crippen LogP contribution in [-0.4, -0.2) is 26.5 Å². The first-order valence-electron chi connectivity index (χ1n) is 8.34. The van der Waals surface area contributed by atoms with E-state index >= 15 is 0 Å². The van der Waals surface area contributed by atoms with Crippen molar-refractivity contribution in [2.24, 2.45) is 0 Å². The maximum absolute atomic E-state index is 13.6. The van der Waals surface area contributed by atoms with Crippen LogP contribution in [0, 0.1) is 0 Å². The van der Waals surface area contributed by atoms with E-state index in [9.17, 15) is 13.2 Å². The monoisotopic (exact) mass is 419 g/mol. The maximum atomic E-state index is 13.6. The van der Waals surface area contributed by atoms with Gasteiger partial charge in [-0.3, -0.25) is 9.38 Å². The summed E-state index contributed by atoms with van der Waals surface area (Å²) in [5.74, 6) is 0.750. The highest BCUT2D eigenvalue weighted by Crippen LogP contribution is 2.37. The predicted molar refractivity (Wildman–Crippen MR) is 103 cm³/mol. The summed E-state index contributed by atoms with van der Waals surface area (Å²) in [5, 5.41) is 3.36. The molecule has 3 heterocycles. The predicted octanol–water partition coefficient (Wildman–Crippen LogP) is 5.22. The zero-order valence-electron chi connectivity index (χ0n) is 14.9. The number of methoxy groups -OCH3 is 1. The van der Waals surface area contributed by atoms with Crippen LogP contribution in [0.1, 0.15) is 5.69 Å². The summed E-state index contributed by atoms with van der Waals surface area (Å²) >= 11 is 6.11. The van der Waals surface area contributed by atoms with Crippen LogP contribution in [0.5, 0.6) is 5.75 Å². The van der Waals surface area contributed by atoms with Crippen LogP contribution in [0.3, 0.4) is 0 Å². The standard InChI is InChI=1S/C19H13ClF3N5O/c1-29-14-6-5-11(8-12(14)20)25-15-10-24-9-13(26-15)17-18(19(21,22)23)27-16-4-2-3-7-28(16)17/h2-10H,1H3,(H,25,26). The number of hydrogen-bond acceptors (Lipinski definition) is 5. The van der Waals surface area contributed by atoms with Gasteiger partial charge in [0.2, 0.25) is 0 Å². The molecule has 0 aliphatic rings. The van der Waals surface area contributed by atoms with Crippen molar-refractivity contribution in [3.63, 3.8) is 0 Å². The molecule has 0 fully saturated rings. The minimum atomic E-state index is -4.64. The average Bonchev–Trinajstić information content (AvgIpc) is 3.08. The van der Waals surface area contributed by atoms with Crippen molar-refractivity contribution in [3.8, 4) is 17.1 Å². The molecule has 1 aromatic carbocycles. The van der Waals surface area contributed by atoms with Crippen LogP contribution >= 0.6 is 11.6 Å². The van der Waals surface area contributed by atoms with Gasteiger partial charge in [0.05, 0.1) is 24.5 Å². The van der Waals surface area contributed by atoms with E-state index in [4.69, 9.17) is 16.3 Å². The number of ether oxygens (including phenoxy) is 1. The highest BCUT2D eigenvalue weighted by molar-refractivity contribution is 6.32. The molecular formula is C19H13ClF3N5O. The number of benzene rings is 1. The zero-order chi connectivity index (χ0) is 20.6. The number of imidazole rings is 1. The number of rotatable bonds is 4. The maximum Gasteiger partial charge on any atom is 0.435 e. The molecule has 6 nitrogen and oxygen atoms in total. The Morgan fingerprint density at radius 2 is 1.93 bits per heavy atom. The lowest BCUT2D eigenvalue weighted by atomic mass is 10.2. The molecule has 0 atom stereocenters. The van der Waals surface area contributed by atoms with Crippen LogP contribution in [0.25, 0.3) is 17.0 Å². The third-order valence-corrected chi connectivity index (χ3v) is 4.40. The highest BCUT2D eigenvalue weighted by atomic mass is 35.5. The molecule has 0 spiro atoms. The van der Waals surface area contributed by atoms with Gasteiger partial charge in [0.15, 0.2) is 5.69 Å². The zero-order valence-corrected chi connectivity index (χ0v) is 15.7. The smallest absolute Gasteiger partial charge is 0.435 e. The van der Waals surface area contributed by atoms with Gasteiger partial charge in [0.25, 0.3) is 0 Å². The lowest BCUT2D eigenvalue weighted by molar-refractivity contribution is -0.140. The summed E-state index contributed by atoms with van der Waals surface area (Å²) in [7, 11) is 1.50. The van der Waals surface area contributed by atoms with E-state index in [2.05, 4.69) is 20.3 Å². The Kier molecular flexibility index (Phi) is 4.75. The summed E-state index contributed by atoms with van der Waals surface area (Å²) in [6.45, 7) is 0. The average molecular weight is 420 g/mol. The molecule has 0 amide bonds. The summed E-state index contributed by atoms with van der Waals surface area (Å²) in [4.78, 5) is 12.1. The summed E-state index contributed by atoms with van der Waals surface area (Å²) in [6, 6.07) is 9.71. The third-order valence-electron chi connectivity index (χ3n) is 4.10. The lowest BCUT2D eigenvalue weighted by Gasteiger charge is -2.10. The van der Waals surface area contributed by atoms with E-state index in [1.807, 2.05) is 0 Å². The van der Waals surface area contributed by atoms with Crippen molar-refractivity contribution < 1.29 is 17.9 Å². The molecule has 10 heteroatoms. The van der Waals surface area contributed by atoms with Crippen LogP contribution in [0.4, 0.5) is 24.7 Å². The number of halogens is 4. The molecule has 0 radical (unpaired) electrons.